The molecule has 2 aromatic rings. The highest BCUT2D eigenvalue weighted by Gasteiger charge is 2.36. The minimum absolute atomic E-state index is 0.115. The van der Waals surface area contributed by atoms with Gasteiger partial charge in [-0.2, -0.15) is 26.3 Å². The monoisotopic (exact) mass is 380 g/mol. The van der Waals surface area contributed by atoms with E-state index < -0.39 is 40.9 Å². The molecule has 0 saturated heterocycles. The second-order valence-corrected chi connectivity index (χ2v) is 5.21. The summed E-state index contributed by atoms with van der Waals surface area (Å²) in [6.45, 7) is -0.283. The van der Waals surface area contributed by atoms with Crippen molar-refractivity contribution in [3.63, 3.8) is 0 Å². The lowest BCUT2D eigenvalue weighted by Gasteiger charge is -2.12. The van der Waals surface area contributed by atoms with Crippen LogP contribution in [0, 0.1) is 5.82 Å². The Morgan fingerprint density at radius 3 is 2.31 bits per heavy atom. The standard InChI is InChI=1S/C16H11F7N2O/c17-12-8-10(15(18,19)20)4-3-9(12)5-7-25-14(26)13-11(16(21,22)23)2-1-6-24-13/h1-4,6,8H,5,7H2,(H,25,26). The Hall–Kier alpha value is -2.65. The molecule has 0 saturated carbocycles. The third kappa shape index (κ3) is 4.70. The third-order valence-corrected chi connectivity index (χ3v) is 3.39. The number of carbonyl (C=O) groups excluding carboxylic acids is 1. The molecule has 0 atom stereocenters. The molecule has 2 rings (SSSR count). The normalized spacial score (nSPS) is 12.1. The number of amides is 1. The van der Waals surface area contributed by atoms with E-state index in [1.54, 1.807) is 0 Å². The number of alkyl halides is 6. The van der Waals surface area contributed by atoms with Crippen LogP contribution in [0.15, 0.2) is 36.5 Å². The number of pyridine rings is 1. The topological polar surface area (TPSA) is 42.0 Å². The van der Waals surface area contributed by atoms with E-state index in [1.807, 2.05) is 0 Å². The van der Waals surface area contributed by atoms with E-state index in [1.165, 1.54) is 0 Å². The van der Waals surface area contributed by atoms with Crippen molar-refractivity contribution in [1.29, 1.82) is 0 Å². The Morgan fingerprint density at radius 1 is 1.04 bits per heavy atom. The zero-order chi connectivity index (χ0) is 19.5. The van der Waals surface area contributed by atoms with Crippen LogP contribution in [0.1, 0.15) is 27.2 Å². The van der Waals surface area contributed by atoms with E-state index in [9.17, 15) is 35.5 Å². The minimum Gasteiger partial charge on any atom is -0.350 e. The van der Waals surface area contributed by atoms with Crippen LogP contribution in [0.5, 0.6) is 0 Å². The van der Waals surface area contributed by atoms with E-state index in [2.05, 4.69) is 10.3 Å². The Kier molecular flexibility index (Phi) is 5.53. The predicted molar refractivity (Wildman–Crippen MR) is 76.7 cm³/mol. The summed E-state index contributed by atoms with van der Waals surface area (Å²) in [7, 11) is 0. The molecule has 0 aliphatic carbocycles. The molecular weight excluding hydrogens is 369 g/mol. The SMILES string of the molecule is O=C(NCCc1ccc(C(F)(F)F)cc1F)c1ncccc1C(F)(F)F. The van der Waals surface area contributed by atoms with E-state index in [4.69, 9.17) is 0 Å². The number of hydrogen-bond acceptors (Lipinski definition) is 2. The number of benzene rings is 1. The zero-order valence-electron chi connectivity index (χ0n) is 12.9. The lowest BCUT2D eigenvalue weighted by Crippen LogP contribution is -2.29. The van der Waals surface area contributed by atoms with Gasteiger partial charge in [0.1, 0.15) is 11.5 Å². The molecule has 0 radical (unpaired) electrons. The summed E-state index contributed by atoms with van der Waals surface area (Å²) < 4.78 is 89.5. The van der Waals surface area contributed by atoms with Gasteiger partial charge < -0.3 is 5.32 Å². The summed E-state index contributed by atoms with van der Waals surface area (Å²) in [5, 5.41) is 2.14. The largest absolute Gasteiger partial charge is 0.418 e. The molecule has 0 unspecified atom stereocenters. The molecule has 1 amide bonds. The molecule has 0 aliphatic heterocycles. The van der Waals surface area contributed by atoms with Crippen molar-refractivity contribution in [2.45, 2.75) is 18.8 Å². The highest BCUT2D eigenvalue weighted by Crippen LogP contribution is 2.31. The fourth-order valence-corrected chi connectivity index (χ4v) is 2.14. The van der Waals surface area contributed by atoms with E-state index >= 15 is 0 Å². The molecule has 3 nitrogen and oxygen atoms in total. The summed E-state index contributed by atoms with van der Waals surface area (Å²) in [4.78, 5) is 15.3. The van der Waals surface area contributed by atoms with Gasteiger partial charge in [0.05, 0.1) is 11.1 Å². The molecule has 1 heterocycles. The molecule has 0 bridgehead atoms. The lowest BCUT2D eigenvalue weighted by atomic mass is 10.1. The number of carbonyl (C=O) groups is 1. The minimum atomic E-state index is -4.78. The second kappa shape index (κ2) is 7.30. The first kappa shape index (κ1) is 19.7. The smallest absolute Gasteiger partial charge is 0.350 e. The van der Waals surface area contributed by atoms with Gasteiger partial charge in [0, 0.05) is 12.7 Å². The van der Waals surface area contributed by atoms with Gasteiger partial charge in [0.2, 0.25) is 0 Å². The van der Waals surface area contributed by atoms with Crippen LogP contribution in [0.3, 0.4) is 0 Å². The quantitative estimate of drug-likeness (QED) is 0.807. The van der Waals surface area contributed by atoms with Gasteiger partial charge in [-0.1, -0.05) is 6.07 Å². The van der Waals surface area contributed by atoms with Crippen molar-refractivity contribution in [2.75, 3.05) is 6.54 Å². The Balaban J connectivity index is 2.04. The molecule has 0 aliphatic rings. The van der Waals surface area contributed by atoms with Crippen LogP contribution in [0.2, 0.25) is 0 Å². The number of halogens is 7. The van der Waals surface area contributed by atoms with E-state index in [0.717, 1.165) is 18.3 Å². The maximum Gasteiger partial charge on any atom is 0.418 e. The molecule has 1 aromatic carbocycles. The van der Waals surface area contributed by atoms with Gasteiger partial charge in [0.15, 0.2) is 0 Å². The van der Waals surface area contributed by atoms with Crippen molar-refractivity contribution in [1.82, 2.24) is 10.3 Å². The number of aromatic nitrogens is 1. The van der Waals surface area contributed by atoms with Crippen LogP contribution in [0.4, 0.5) is 30.7 Å². The van der Waals surface area contributed by atoms with Crippen molar-refractivity contribution in [3.8, 4) is 0 Å². The van der Waals surface area contributed by atoms with Crippen LogP contribution in [-0.2, 0) is 18.8 Å². The van der Waals surface area contributed by atoms with Gasteiger partial charge in [-0.15, -0.1) is 0 Å². The fraction of sp³-hybridized carbons (Fsp3) is 0.250. The fourth-order valence-electron chi connectivity index (χ4n) is 2.14. The van der Waals surface area contributed by atoms with Gasteiger partial charge >= 0.3 is 12.4 Å². The summed E-state index contributed by atoms with van der Waals surface area (Å²) >= 11 is 0. The van der Waals surface area contributed by atoms with Crippen LogP contribution >= 0.6 is 0 Å². The molecule has 1 N–H and O–H groups in total. The summed E-state index contributed by atoms with van der Waals surface area (Å²) in [5.41, 5.74) is -3.34. The molecule has 0 fully saturated rings. The first-order valence-electron chi connectivity index (χ1n) is 7.16. The number of nitrogens with zero attached hydrogens (tertiary/aromatic N) is 1. The molecule has 1 aromatic heterocycles. The Labute approximate surface area is 142 Å². The summed E-state index contributed by atoms with van der Waals surface area (Å²) in [5.74, 6) is -2.24. The Bertz CT molecular complexity index is 800. The van der Waals surface area contributed by atoms with Crippen molar-refractivity contribution in [3.05, 3.63) is 64.7 Å². The number of hydrogen-bond donors (Lipinski definition) is 1. The van der Waals surface area contributed by atoms with Gasteiger partial charge in [-0.25, -0.2) is 4.39 Å². The van der Waals surface area contributed by atoms with Crippen LogP contribution < -0.4 is 5.32 Å². The summed E-state index contributed by atoms with van der Waals surface area (Å²) in [6.07, 6.45) is -8.66. The van der Waals surface area contributed by atoms with E-state index in [-0.39, 0.29) is 18.5 Å². The average Bonchev–Trinajstić information content (AvgIpc) is 2.54. The predicted octanol–water partition coefficient (Wildman–Crippen LogP) is 4.23. The maximum atomic E-state index is 13.7. The van der Waals surface area contributed by atoms with E-state index in [0.29, 0.717) is 18.2 Å². The van der Waals surface area contributed by atoms with Crippen LogP contribution in [0.25, 0.3) is 0 Å². The average molecular weight is 380 g/mol. The lowest BCUT2D eigenvalue weighted by molar-refractivity contribution is -0.138. The zero-order valence-corrected chi connectivity index (χ0v) is 12.9. The van der Waals surface area contributed by atoms with Crippen LogP contribution in [-0.4, -0.2) is 17.4 Å². The molecule has 26 heavy (non-hydrogen) atoms. The third-order valence-electron chi connectivity index (χ3n) is 3.39. The van der Waals surface area contributed by atoms with Gasteiger partial charge in [-0.05, 0) is 36.2 Å². The molecule has 0 spiro atoms. The molecule has 10 heteroatoms. The highest BCUT2D eigenvalue weighted by atomic mass is 19.4. The second-order valence-electron chi connectivity index (χ2n) is 5.21. The van der Waals surface area contributed by atoms with Gasteiger partial charge in [-0.3, -0.25) is 9.78 Å². The van der Waals surface area contributed by atoms with Gasteiger partial charge in [0.25, 0.3) is 5.91 Å². The number of nitrogens with one attached hydrogen (secondary N) is 1. The first-order chi connectivity index (χ1) is 12.0. The van der Waals surface area contributed by atoms with Crippen molar-refractivity contribution >= 4 is 5.91 Å². The Morgan fingerprint density at radius 2 is 1.73 bits per heavy atom. The highest BCUT2D eigenvalue weighted by molar-refractivity contribution is 5.93. The number of rotatable bonds is 4. The van der Waals surface area contributed by atoms with Crippen molar-refractivity contribution in [2.24, 2.45) is 0 Å². The molecular formula is C16H11F7N2O. The first-order valence-corrected chi connectivity index (χ1v) is 7.16. The molecule has 140 valence electrons. The summed E-state index contributed by atoms with van der Waals surface area (Å²) in [6, 6.07) is 3.62. The van der Waals surface area contributed by atoms with Crippen molar-refractivity contribution < 1.29 is 35.5 Å². The maximum absolute atomic E-state index is 13.7.